The van der Waals surface area contributed by atoms with Crippen molar-refractivity contribution in [1.29, 1.82) is 0 Å². The van der Waals surface area contributed by atoms with Gasteiger partial charge in [0.2, 0.25) is 0 Å². The van der Waals surface area contributed by atoms with Crippen LogP contribution in [0.2, 0.25) is 0 Å². The van der Waals surface area contributed by atoms with E-state index >= 15 is 0 Å². The van der Waals surface area contributed by atoms with E-state index in [0.717, 1.165) is 33.5 Å². The molecule has 0 bridgehead atoms. The quantitative estimate of drug-likeness (QED) is 0.610. The van der Waals surface area contributed by atoms with Crippen molar-refractivity contribution in [3.05, 3.63) is 48.0 Å². The Balaban J connectivity index is 2.01. The number of pyridine rings is 2. The number of nitrogens with zero attached hydrogens (tertiary/aromatic N) is 4. The first-order chi connectivity index (χ1) is 13.2. The van der Waals surface area contributed by atoms with Crippen LogP contribution in [0, 0.1) is 6.92 Å². The van der Waals surface area contributed by atoms with Crippen molar-refractivity contribution < 1.29 is 9.84 Å². The maximum atomic E-state index is 10.5. The van der Waals surface area contributed by atoms with Crippen LogP contribution in [0.3, 0.4) is 0 Å². The molecule has 0 amide bonds. The van der Waals surface area contributed by atoms with E-state index in [4.69, 9.17) is 4.74 Å². The molecule has 7 nitrogen and oxygen atoms in total. The van der Waals surface area contributed by atoms with Crippen LogP contribution in [0.5, 0.6) is 0 Å². The topological polar surface area (TPSA) is 75.4 Å². The Morgan fingerprint density at radius 3 is 2.68 bits per heavy atom. The largest absolute Gasteiger partial charge is 0.386 e. The van der Waals surface area contributed by atoms with Crippen LogP contribution in [0.15, 0.2) is 36.9 Å². The number of rotatable bonds is 7. The highest BCUT2D eigenvalue weighted by molar-refractivity contribution is 5.92. The summed E-state index contributed by atoms with van der Waals surface area (Å²) in [5, 5.41) is 15.0. The lowest BCUT2D eigenvalue weighted by molar-refractivity contribution is -0.0144. The fraction of sp³-hybridized carbons (Fsp3) is 0.429. The molecule has 0 fully saturated rings. The van der Waals surface area contributed by atoms with E-state index in [1.165, 1.54) is 0 Å². The van der Waals surface area contributed by atoms with E-state index in [1.54, 1.807) is 39.5 Å². The van der Waals surface area contributed by atoms with Crippen LogP contribution in [0.25, 0.3) is 10.9 Å². The molecule has 28 heavy (non-hydrogen) atoms. The normalized spacial score (nSPS) is 13.3. The summed E-state index contributed by atoms with van der Waals surface area (Å²) in [6.07, 6.45) is 7.29. The Bertz CT molecular complexity index is 959. The van der Waals surface area contributed by atoms with Crippen LogP contribution >= 0.6 is 0 Å². The number of aliphatic hydroxyl groups is 1. The Kier molecular flexibility index (Phi) is 5.69. The maximum Gasteiger partial charge on any atom is 0.139 e. The second kappa shape index (κ2) is 7.87. The van der Waals surface area contributed by atoms with Gasteiger partial charge in [0, 0.05) is 42.8 Å². The van der Waals surface area contributed by atoms with E-state index in [9.17, 15) is 5.11 Å². The highest BCUT2D eigenvalue weighted by Crippen LogP contribution is 2.33. The van der Waals surface area contributed by atoms with Gasteiger partial charge in [0.15, 0.2) is 0 Å². The molecule has 0 saturated heterocycles. The number of anilines is 2. The van der Waals surface area contributed by atoms with Gasteiger partial charge in [-0.3, -0.25) is 9.88 Å². The van der Waals surface area contributed by atoms with E-state index in [-0.39, 0.29) is 6.23 Å². The van der Waals surface area contributed by atoms with Crippen molar-refractivity contribution in [2.45, 2.75) is 39.1 Å². The Morgan fingerprint density at radius 2 is 2.04 bits per heavy atom. The zero-order chi connectivity index (χ0) is 20.5. The van der Waals surface area contributed by atoms with Gasteiger partial charge >= 0.3 is 0 Å². The molecule has 3 aromatic heterocycles. The number of aryl methyl sites for hydroxylation is 1. The van der Waals surface area contributed by atoms with Gasteiger partial charge in [0.1, 0.15) is 12.0 Å². The summed E-state index contributed by atoms with van der Waals surface area (Å²) < 4.78 is 7.73. The van der Waals surface area contributed by atoms with Crippen LogP contribution < -0.4 is 5.32 Å². The molecule has 3 aromatic rings. The third-order valence-corrected chi connectivity index (χ3v) is 4.94. The summed E-state index contributed by atoms with van der Waals surface area (Å²) in [5.74, 6) is 0.745. The second-order valence-electron chi connectivity index (χ2n) is 7.78. The third-order valence-electron chi connectivity index (χ3n) is 4.94. The Labute approximate surface area is 166 Å². The lowest BCUT2D eigenvalue weighted by Crippen LogP contribution is -2.33. The number of aromatic nitrogens is 3. The fourth-order valence-corrected chi connectivity index (χ4v) is 3.31. The molecule has 150 valence electrons. The predicted octanol–water partition coefficient (Wildman–Crippen LogP) is 3.24. The van der Waals surface area contributed by atoms with Gasteiger partial charge in [-0.25, -0.2) is 4.98 Å². The van der Waals surface area contributed by atoms with Crippen molar-refractivity contribution in [3.8, 4) is 0 Å². The summed E-state index contributed by atoms with van der Waals surface area (Å²) in [7, 11) is 5.72. The standard InChI is InChI=1S/C21H29N5O2/c1-14-11-22-12-16(21(2,3)27)19(14)24-20-15-8-10-26(17(15)7-9-23-20)13-18(28-6)25(4)5/h7-12,18,27H,13H2,1-6H3,(H,22,23,24). The molecule has 0 aromatic carbocycles. The number of methoxy groups -OCH3 is 1. The first kappa shape index (κ1) is 20.3. The van der Waals surface area contributed by atoms with Gasteiger partial charge in [-0.05, 0) is 52.6 Å². The smallest absolute Gasteiger partial charge is 0.139 e. The maximum absolute atomic E-state index is 10.5. The van der Waals surface area contributed by atoms with Gasteiger partial charge in [-0.1, -0.05) is 0 Å². The number of fused-ring (bicyclic) bond motifs is 1. The van der Waals surface area contributed by atoms with Crippen molar-refractivity contribution in [2.75, 3.05) is 26.5 Å². The summed E-state index contributed by atoms with van der Waals surface area (Å²) in [6.45, 7) is 6.19. The highest BCUT2D eigenvalue weighted by Gasteiger charge is 2.23. The molecule has 2 N–H and O–H groups in total. The molecule has 3 rings (SSSR count). The fourth-order valence-electron chi connectivity index (χ4n) is 3.31. The van der Waals surface area contributed by atoms with Crippen molar-refractivity contribution >= 4 is 22.4 Å². The van der Waals surface area contributed by atoms with E-state index in [1.807, 2.05) is 44.2 Å². The SMILES string of the molecule is COC(Cn1ccc2c(Nc3c(C)cncc3C(C)(C)O)nccc21)N(C)C. The monoisotopic (exact) mass is 383 g/mol. The Morgan fingerprint density at radius 1 is 1.29 bits per heavy atom. The molecule has 3 heterocycles. The molecule has 1 unspecified atom stereocenters. The number of nitrogens with one attached hydrogen (secondary N) is 1. The van der Waals surface area contributed by atoms with E-state index in [0.29, 0.717) is 6.54 Å². The highest BCUT2D eigenvalue weighted by atomic mass is 16.5. The van der Waals surface area contributed by atoms with Gasteiger partial charge in [-0.15, -0.1) is 0 Å². The minimum atomic E-state index is -1.02. The Hall–Kier alpha value is -2.48. The van der Waals surface area contributed by atoms with E-state index < -0.39 is 5.60 Å². The number of hydrogen-bond donors (Lipinski definition) is 2. The summed E-state index contributed by atoms with van der Waals surface area (Å²) >= 11 is 0. The van der Waals surface area contributed by atoms with Gasteiger partial charge in [0.25, 0.3) is 0 Å². The van der Waals surface area contributed by atoms with Crippen molar-refractivity contribution in [2.24, 2.45) is 0 Å². The van der Waals surface area contributed by atoms with Crippen LogP contribution in [0.4, 0.5) is 11.5 Å². The van der Waals surface area contributed by atoms with Crippen LogP contribution in [0.1, 0.15) is 25.0 Å². The summed E-state index contributed by atoms with van der Waals surface area (Å²) in [5.41, 5.74) is 2.57. The second-order valence-corrected chi connectivity index (χ2v) is 7.78. The molecule has 0 radical (unpaired) electrons. The van der Waals surface area contributed by atoms with Gasteiger partial charge in [0.05, 0.1) is 23.3 Å². The molecule has 1 atom stereocenters. The molecule has 7 heteroatoms. The molecular formula is C21H29N5O2. The molecule has 0 aliphatic rings. The van der Waals surface area contributed by atoms with Crippen LogP contribution in [-0.4, -0.2) is 52.0 Å². The lowest BCUT2D eigenvalue weighted by Gasteiger charge is -2.24. The molecule has 0 saturated carbocycles. The molecule has 0 aliphatic heterocycles. The minimum Gasteiger partial charge on any atom is -0.386 e. The zero-order valence-corrected chi connectivity index (χ0v) is 17.4. The summed E-state index contributed by atoms with van der Waals surface area (Å²) in [4.78, 5) is 10.8. The molecule has 0 aliphatic carbocycles. The number of likely N-dealkylation sites (N-methyl/N-ethyl adjacent to an activating group) is 1. The minimum absolute atomic E-state index is 0.0237. The van der Waals surface area contributed by atoms with Crippen LogP contribution in [-0.2, 0) is 16.9 Å². The average Bonchev–Trinajstić information content (AvgIpc) is 3.04. The van der Waals surface area contributed by atoms with E-state index in [2.05, 4.69) is 19.9 Å². The number of ether oxygens (including phenoxy) is 1. The molecule has 0 spiro atoms. The zero-order valence-electron chi connectivity index (χ0n) is 17.4. The molecular weight excluding hydrogens is 354 g/mol. The lowest BCUT2D eigenvalue weighted by atomic mass is 9.96. The summed E-state index contributed by atoms with van der Waals surface area (Å²) in [6, 6.07) is 4.05. The first-order valence-electron chi connectivity index (χ1n) is 9.30. The average molecular weight is 383 g/mol. The van der Waals surface area contributed by atoms with Crippen molar-refractivity contribution in [1.82, 2.24) is 19.4 Å². The third kappa shape index (κ3) is 4.01. The number of hydrogen-bond acceptors (Lipinski definition) is 6. The van der Waals surface area contributed by atoms with Gasteiger partial charge in [-0.2, -0.15) is 0 Å². The predicted molar refractivity (Wildman–Crippen MR) is 112 cm³/mol. The van der Waals surface area contributed by atoms with Gasteiger partial charge < -0.3 is 19.7 Å². The first-order valence-corrected chi connectivity index (χ1v) is 9.30. The van der Waals surface area contributed by atoms with Crippen molar-refractivity contribution in [3.63, 3.8) is 0 Å².